The molecule has 1 saturated heterocycles. The number of benzene rings is 2. The van der Waals surface area contributed by atoms with Crippen LogP contribution in [0.5, 0.6) is 5.75 Å². The monoisotopic (exact) mass is 367 g/mol. The van der Waals surface area contributed by atoms with Gasteiger partial charge in [-0.15, -0.1) is 0 Å². The molecule has 0 aromatic heterocycles. The summed E-state index contributed by atoms with van der Waals surface area (Å²) in [6.07, 6.45) is 0.294. The molecule has 0 bridgehead atoms. The topological polar surface area (TPSA) is 44.8 Å². The van der Waals surface area contributed by atoms with Crippen LogP contribution in [0.4, 0.5) is 11.4 Å². The molecule has 27 heavy (non-hydrogen) atoms. The third-order valence-corrected chi connectivity index (χ3v) is 5.13. The van der Waals surface area contributed by atoms with Crippen LogP contribution < -0.4 is 15.0 Å². The Labute approximate surface area is 161 Å². The van der Waals surface area contributed by atoms with Gasteiger partial charge in [0.2, 0.25) is 5.91 Å². The lowest BCUT2D eigenvalue weighted by Crippen LogP contribution is -2.46. The molecule has 1 aliphatic rings. The Balaban J connectivity index is 1.71. The molecule has 1 amide bonds. The van der Waals surface area contributed by atoms with Gasteiger partial charge in [0.25, 0.3) is 0 Å². The second-order valence-corrected chi connectivity index (χ2v) is 6.98. The quantitative estimate of drug-likeness (QED) is 0.851. The van der Waals surface area contributed by atoms with Gasteiger partial charge in [0.05, 0.1) is 24.9 Å². The maximum absolute atomic E-state index is 12.7. The van der Waals surface area contributed by atoms with E-state index in [-0.39, 0.29) is 5.91 Å². The van der Waals surface area contributed by atoms with Crippen LogP contribution in [0, 0.1) is 6.92 Å². The number of nitrogens with one attached hydrogen (secondary N) is 1. The van der Waals surface area contributed by atoms with E-state index in [4.69, 9.17) is 4.74 Å². The molecule has 3 rings (SSSR count). The number of piperazine rings is 1. The van der Waals surface area contributed by atoms with Gasteiger partial charge >= 0.3 is 0 Å². The van der Waals surface area contributed by atoms with Gasteiger partial charge in [-0.05, 0) is 31.7 Å². The smallest absolute Gasteiger partial charge is 0.228 e. The van der Waals surface area contributed by atoms with Crippen molar-refractivity contribution in [1.29, 1.82) is 0 Å². The van der Waals surface area contributed by atoms with E-state index in [0.29, 0.717) is 6.42 Å². The zero-order chi connectivity index (χ0) is 19.2. The summed E-state index contributed by atoms with van der Waals surface area (Å²) in [5.41, 5.74) is 3.99. The highest BCUT2D eigenvalue weighted by atomic mass is 16.5. The summed E-state index contributed by atoms with van der Waals surface area (Å²) >= 11 is 0. The summed E-state index contributed by atoms with van der Waals surface area (Å²) in [5, 5.41) is 3.10. The largest absolute Gasteiger partial charge is 0.496 e. The van der Waals surface area contributed by atoms with Crippen molar-refractivity contribution >= 4 is 17.3 Å². The Bertz CT molecular complexity index is 783. The zero-order valence-electron chi connectivity index (χ0n) is 16.5. The number of likely N-dealkylation sites (N-methyl/N-ethyl adjacent to an activating group) is 1. The third-order valence-electron chi connectivity index (χ3n) is 5.13. The van der Waals surface area contributed by atoms with Gasteiger partial charge in [-0.1, -0.05) is 36.8 Å². The summed E-state index contributed by atoms with van der Waals surface area (Å²) in [6, 6.07) is 14.0. The van der Waals surface area contributed by atoms with E-state index in [9.17, 15) is 4.79 Å². The van der Waals surface area contributed by atoms with Crippen LogP contribution in [0.15, 0.2) is 42.5 Å². The van der Waals surface area contributed by atoms with Crippen LogP contribution in [-0.4, -0.2) is 50.6 Å². The van der Waals surface area contributed by atoms with Gasteiger partial charge in [-0.25, -0.2) is 0 Å². The zero-order valence-corrected chi connectivity index (χ0v) is 16.5. The molecule has 5 heteroatoms. The van der Waals surface area contributed by atoms with Gasteiger partial charge in [0, 0.05) is 31.7 Å². The van der Waals surface area contributed by atoms with E-state index in [0.717, 1.165) is 61.0 Å². The van der Waals surface area contributed by atoms with Gasteiger partial charge in [0.15, 0.2) is 0 Å². The SMILES string of the molecule is CCN1CCN(c2ccccc2NC(=O)Cc2cc(C)ccc2OC)CC1. The molecule has 1 N–H and O–H groups in total. The van der Waals surface area contributed by atoms with E-state index >= 15 is 0 Å². The molecular formula is C22H29N3O2. The average Bonchev–Trinajstić information content (AvgIpc) is 2.69. The standard InChI is InChI=1S/C22H29N3O2/c1-4-24-11-13-25(14-12-24)20-8-6-5-7-19(20)23-22(26)16-18-15-17(2)9-10-21(18)27-3/h5-10,15H,4,11-14,16H2,1-3H3,(H,23,26). The van der Waals surface area contributed by atoms with Crippen molar-refractivity contribution in [3.05, 3.63) is 53.6 Å². The Kier molecular flexibility index (Phi) is 6.35. The number of hydrogen-bond acceptors (Lipinski definition) is 4. The predicted octanol–water partition coefficient (Wildman–Crippen LogP) is 3.33. The summed E-state index contributed by atoms with van der Waals surface area (Å²) in [5.74, 6) is 0.721. The summed E-state index contributed by atoms with van der Waals surface area (Å²) in [7, 11) is 1.64. The minimum absolute atomic E-state index is 0.0291. The molecule has 144 valence electrons. The molecule has 0 atom stereocenters. The van der Waals surface area contributed by atoms with Crippen LogP contribution in [-0.2, 0) is 11.2 Å². The minimum Gasteiger partial charge on any atom is -0.496 e. The molecule has 1 heterocycles. The van der Waals surface area contributed by atoms with Crippen LogP contribution in [0.3, 0.4) is 0 Å². The third kappa shape index (κ3) is 4.80. The number of rotatable bonds is 6. The fourth-order valence-electron chi connectivity index (χ4n) is 3.57. The van der Waals surface area contributed by atoms with Crippen molar-refractivity contribution in [2.75, 3.05) is 50.1 Å². The Hall–Kier alpha value is -2.53. The number of methoxy groups -OCH3 is 1. The van der Waals surface area contributed by atoms with Crippen LogP contribution in [0.2, 0.25) is 0 Å². The van der Waals surface area contributed by atoms with Crippen molar-refractivity contribution in [2.45, 2.75) is 20.3 Å². The summed E-state index contributed by atoms with van der Waals surface area (Å²) in [6.45, 7) is 9.37. The number of ether oxygens (including phenoxy) is 1. The first kappa shape index (κ1) is 19.2. The molecule has 2 aromatic carbocycles. The normalized spacial score (nSPS) is 14.9. The van der Waals surface area contributed by atoms with Gasteiger partial charge in [-0.3, -0.25) is 4.79 Å². The number of carbonyl (C=O) groups excluding carboxylic acids is 1. The molecule has 1 aliphatic heterocycles. The van der Waals surface area contributed by atoms with Crippen LogP contribution in [0.25, 0.3) is 0 Å². The molecule has 1 fully saturated rings. The van der Waals surface area contributed by atoms with E-state index in [2.05, 4.69) is 28.1 Å². The maximum atomic E-state index is 12.7. The number of amides is 1. The van der Waals surface area contributed by atoms with Crippen molar-refractivity contribution in [3.8, 4) is 5.75 Å². The van der Waals surface area contributed by atoms with Crippen LogP contribution in [0.1, 0.15) is 18.1 Å². The van der Waals surface area contributed by atoms with Crippen molar-refractivity contribution in [2.24, 2.45) is 0 Å². The first-order valence-corrected chi connectivity index (χ1v) is 9.60. The lowest BCUT2D eigenvalue weighted by atomic mass is 10.1. The van der Waals surface area contributed by atoms with Gasteiger partial charge in [-0.2, -0.15) is 0 Å². The van der Waals surface area contributed by atoms with Crippen molar-refractivity contribution < 1.29 is 9.53 Å². The molecule has 0 spiro atoms. The lowest BCUT2D eigenvalue weighted by molar-refractivity contribution is -0.115. The second kappa shape index (κ2) is 8.91. The highest BCUT2D eigenvalue weighted by Gasteiger charge is 2.19. The first-order chi connectivity index (χ1) is 13.1. The number of hydrogen-bond donors (Lipinski definition) is 1. The molecule has 0 unspecified atom stereocenters. The molecule has 0 saturated carbocycles. The van der Waals surface area contributed by atoms with Crippen molar-refractivity contribution in [3.63, 3.8) is 0 Å². The summed E-state index contributed by atoms with van der Waals surface area (Å²) in [4.78, 5) is 17.5. The average molecular weight is 367 g/mol. The van der Waals surface area contributed by atoms with Crippen LogP contribution >= 0.6 is 0 Å². The minimum atomic E-state index is -0.0291. The van der Waals surface area contributed by atoms with E-state index in [1.54, 1.807) is 7.11 Å². The number of nitrogens with zero attached hydrogens (tertiary/aromatic N) is 2. The second-order valence-electron chi connectivity index (χ2n) is 6.98. The highest BCUT2D eigenvalue weighted by molar-refractivity contribution is 5.95. The number of para-hydroxylation sites is 2. The fraction of sp³-hybridized carbons (Fsp3) is 0.409. The van der Waals surface area contributed by atoms with Crippen molar-refractivity contribution in [1.82, 2.24) is 4.90 Å². The Morgan fingerprint density at radius 3 is 2.56 bits per heavy atom. The molecular weight excluding hydrogens is 338 g/mol. The summed E-state index contributed by atoms with van der Waals surface area (Å²) < 4.78 is 5.40. The van der Waals surface area contributed by atoms with E-state index in [1.807, 2.05) is 43.3 Å². The number of carbonyl (C=O) groups is 1. The lowest BCUT2D eigenvalue weighted by Gasteiger charge is -2.36. The number of anilines is 2. The molecule has 0 radical (unpaired) electrons. The fourth-order valence-corrected chi connectivity index (χ4v) is 3.57. The molecule has 2 aromatic rings. The maximum Gasteiger partial charge on any atom is 0.228 e. The van der Waals surface area contributed by atoms with Gasteiger partial charge in [0.1, 0.15) is 5.75 Å². The molecule has 0 aliphatic carbocycles. The van der Waals surface area contributed by atoms with E-state index < -0.39 is 0 Å². The van der Waals surface area contributed by atoms with Gasteiger partial charge < -0.3 is 19.9 Å². The predicted molar refractivity (Wildman–Crippen MR) is 111 cm³/mol. The Morgan fingerprint density at radius 2 is 1.85 bits per heavy atom. The number of aryl methyl sites for hydroxylation is 1. The first-order valence-electron chi connectivity index (χ1n) is 9.60. The highest BCUT2D eigenvalue weighted by Crippen LogP contribution is 2.27. The van der Waals surface area contributed by atoms with E-state index in [1.165, 1.54) is 0 Å². The Morgan fingerprint density at radius 1 is 1.11 bits per heavy atom. The molecule has 5 nitrogen and oxygen atoms in total.